The van der Waals surface area contributed by atoms with E-state index >= 15 is 0 Å². The molecule has 0 saturated carbocycles. The third-order valence-corrected chi connectivity index (χ3v) is 1.95. The molecule has 0 aliphatic carbocycles. The molecule has 0 aromatic heterocycles. The molecule has 0 aromatic carbocycles. The van der Waals surface area contributed by atoms with Crippen molar-refractivity contribution in [1.82, 2.24) is 0 Å². The van der Waals surface area contributed by atoms with Crippen molar-refractivity contribution in [3.63, 3.8) is 0 Å². The molecule has 0 aromatic rings. The van der Waals surface area contributed by atoms with E-state index in [1.54, 1.807) is 5.92 Å². The van der Waals surface area contributed by atoms with Crippen LogP contribution in [0.5, 0.6) is 0 Å². The van der Waals surface area contributed by atoms with Crippen LogP contribution < -0.4 is 0 Å². The lowest BCUT2D eigenvalue weighted by Gasteiger charge is -2.10. The highest BCUT2D eigenvalue weighted by molar-refractivity contribution is 9.10. The Balaban J connectivity index is 4.29. The first-order valence-corrected chi connectivity index (χ1v) is 5.91. The summed E-state index contributed by atoms with van der Waals surface area (Å²) in [6.07, 6.45) is 2.52. The fourth-order valence-electron chi connectivity index (χ4n) is 1.10. The standard InChI is InChI=1S/C11H15BrF2O2/c1-3-4-5-6-10(16-9(2)15)7-8-11(12,13)14/h10H,3-6H2,1-2H3. The van der Waals surface area contributed by atoms with Crippen LogP contribution in [0.4, 0.5) is 8.78 Å². The van der Waals surface area contributed by atoms with Crippen LogP contribution in [0.25, 0.3) is 0 Å². The van der Waals surface area contributed by atoms with Gasteiger partial charge in [-0.3, -0.25) is 4.79 Å². The Kier molecular flexibility index (Phi) is 7.31. The summed E-state index contributed by atoms with van der Waals surface area (Å²) >= 11 is 2.11. The molecular weight excluding hydrogens is 282 g/mol. The molecule has 0 fully saturated rings. The van der Waals surface area contributed by atoms with Crippen LogP contribution >= 0.6 is 15.9 Å². The summed E-state index contributed by atoms with van der Waals surface area (Å²) in [5.74, 6) is 3.46. The quantitative estimate of drug-likeness (QED) is 0.336. The smallest absolute Gasteiger partial charge is 0.363 e. The number of ether oxygens (including phenoxy) is 1. The number of hydrogen-bond acceptors (Lipinski definition) is 2. The van der Waals surface area contributed by atoms with Crippen molar-refractivity contribution in [3.05, 3.63) is 0 Å². The van der Waals surface area contributed by atoms with Gasteiger partial charge < -0.3 is 4.74 Å². The second kappa shape index (κ2) is 7.61. The van der Waals surface area contributed by atoms with Crippen LogP contribution in [-0.4, -0.2) is 16.9 Å². The van der Waals surface area contributed by atoms with E-state index < -0.39 is 16.9 Å². The van der Waals surface area contributed by atoms with Crippen LogP contribution in [0.3, 0.4) is 0 Å². The zero-order chi connectivity index (χ0) is 12.6. The molecule has 16 heavy (non-hydrogen) atoms. The Morgan fingerprint density at radius 1 is 1.50 bits per heavy atom. The third-order valence-electron chi connectivity index (χ3n) is 1.75. The summed E-state index contributed by atoms with van der Waals surface area (Å²) in [5.41, 5.74) is 0. The molecule has 0 heterocycles. The zero-order valence-corrected chi connectivity index (χ0v) is 10.9. The Labute approximate surface area is 103 Å². The van der Waals surface area contributed by atoms with E-state index in [0.29, 0.717) is 6.42 Å². The molecule has 1 atom stereocenters. The van der Waals surface area contributed by atoms with Gasteiger partial charge in [0, 0.05) is 22.9 Å². The van der Waals surface area contributed by atoms with Gasteiger partial charge in [-0.05, 0) is 18.8 Å². The summed E-state index contributed by atoms with van der Waals surface area (Å²) in [4.78, 5) is 7.50. The van der Waals surface area contributed by atoms with E-state index in [9.17, 15) is 13.6 Å². The number of halogens is 3. The van der Waals surface area contributed by atoms with Crippen LogP contribution in [0.2, 0.25) is 0 Å². The minimum absolute atomic E-state index is 0.490. The molecule has 1 unspecified atom stereocenters. The van der Waals surface area contributed by atoms with Crippen molar-refractivity contribution in [2.24, 2.45) is 0 Å². The Hall–Kier alpha value is -0.630. The predicted octanol–water partition coefficient (Wildman–Crippen LogP) is 3.49. The normalized spacial score (nSPS) is 12.6. The van der Waals surface area contributed by atoms with Gasteiger partial charge >= 0.3 is 10.8 Å². The van der Waals surface area contributed by atoms with Gasteiger partial charge in [-0.15, -0.1) is 0 Å². The monoisotopic (exact) mass is 296 g/mol. The van der Waals surface area contributed by atoms with E-state index in [4.69, 9.17) is 4.74 Å². The minimum Gasteiger partial charge on any atom is -0.449 e. The summed E-state index contributed by atoms with van der Waals surface area (Å²) in [5, 5.41) is 0. The molecule has 2 nitrogen and oxygen atoms in total. The zero-order valence-electron chi connectivity index (χ0n) is 9.36. The second-order valence-corrected chi connectivity index (χ2v) is 4.36. The highest BCUT2D eigenvalue weighted by Gasteiger charge is 2.20. The SMILES string of the molecule is CCCCCC(C#CC(F)(F)Br)OC(C)=O. The van der Waals surface area contributed by atoms with Gasteiger partial charge in [0.1, 0.15) is 0 Å². The Morgan fingerprint density at radius 2 is 2.12 bits per heavy atom. The fourth-order valence-corrected chi connectivity index (χ4v) is 1.22. The van der Waals surface area contributed by atoms with Crippen molar-refractivity contribution in [1.29, 1.82) is 0 Å². The number of unbranched alkanes of at least 4 members (excludes halogenated alkanes) is 2. The minimum atomic E-state index is -3.23. The van der Waals surface area contributed by atoms with E-state index in [1.165, 1.54) is 6.92 Å². The molecule has 0 aliphatic rings. The maximum absolute atomic E-state index is 12.4. The molecule has 0 radical (unpaired) electrons. The summed E-state index contributed by atoms with van der Waals surface area (Å²) in [6, 6.07) is 0. The molecule has 92 valence electrons. The van der Waals surface area contributed by atoms with Gasteiger partial charge in [0.25, 0.3) is 0 Å². The topological polar surface area (TPSA) is 26.3 Å². The largest absolute Gasteiger partial charge is 0.449 e. The first-order chi connectivity index (χ1) is 7.35. The molecule has 0 rings (SSSR count). The predicted molar refractivity (Wildman–Crippen MR) is 61.3 cm³/mol. The fraction of sp³-hybridized carbons (Fsp3) is 0.727. The van der Waals surface area contributed by atoms with Gasteiger partial charge in [0.05, 0.1) is 0 Å². The van der Waals surface area contributed by atoms with E-state index in [2.05, 4.69) is 21.9 Å². The Morgan fingerprint density at radius 3 is 2.56 bits per heavy atom. The van der Waals surface area contributed by atoms with Crippen molar-refractivity contribution >= 4 is 21.9 Å². The van der Waals surface area contributed by atoms with Crippen molar-refractivity contribution in [3.8, 4) is 11.8 Å². The average Bonchev–Trinajstić information content (AvgIpc) is 2.12. The summed E-state index contributed by atoms with van der Waals surface area (Å²) in [7, 11) is 0. The number of carbonyl (C=O) groups is 1. The number of rotatable bonds is 5. The molecule has 0 spiro atoms. The molecular formula is C11H15BrF2O2. The molecule has 5 heteroatoms. The first-order valence-electron chi connectivity index (χ1n) is 5.11. The molecule has 0 aliphatic heterocycles. The summed E-state index contributed by atoms with van der Waals surface area (Å²) < 4.78 is 29.6. The Bertz CT molecular complexity index is 276. The number of esters is 1. The van der Waals surface area contributed by atoms with Crippen molar-refractivity contribution in [2.75, 3.05) is 0 Å². The molecule has 0 N–H and O–H groups in total. The van der Waals surface area contributed by atoms with Gasteiger partial charge in [0.2, 0.25) is 0 Å². The lowest BCUT2D eigenvalue weighted by molar-refractivity contribution is -0.144. The lowest BCUT2D eigenvalue weighted by Crippen LogP contribution is -2.15. The van der Waals surface area contributed by atoms with E-state index in [0.717, 1.165) is 19.3 Å². The van der Waals surface area contributed by atoms with Crippen molar-refractivity contribution < 1.29 is 18.3 Å². The molecule has 0 amide bonds. The maximum Gasteiger partial charge on any atom is 0.363 e. The van der Waals surface area contributed by atoms with Crippen LogP contribution in [0, 0.1) is 11.8 Å². The van der Waals surface area contributed by atoms with Gasteiger partial charge in [0.15, 0.2) is 6.10 Å². The van der Waals surface area contributed by atoms with E-state index in [1.807, 2.05) is 6.92 Å². The van der Waals surface area contributed by atoms with Crippen LogP contribution in [0.15, 0.2) is 0 Å². The van der Waals surface area contributed by atoms with Crippen LogP contribution in [0.1, 0.15) is 39.5 Å². The molecule has 0 saturated heterocycles. The maximum atomic E-state index is 12.4. The van der Waals surface area contributed by atoms with Crippen LogP contribution in [-0.2, 0) is 9.53 Å². The third kappa shape index (κ3) is 9.91. The number of hydrogen-bond donors (Lipinski definition) is 0. The van der Waals surface area contributed by atoms with Gasteiger partial charge in [-0.25, -0.2) is 0 Å². The molecule has 0 bridgehead atoms. The van der Waals surface area contributed by atoms with Crippen molar-refractivity contribution in [2.45, 2.75) is 50.5 Å². The highest BCUT2D eigenvalue weighted by atomic mass is 79.9. The first kappa shape index (κ1) is 15.4. The van der Waals surface area contributed by atoms with E-state index in [-0.39, 0.29) is 0 Å². The summed E-state index contributed by atoms with van der Waals surface area (Å²) in [6.45, 7) is 3.26. The number of alkyl halides is 3. The number of carbonyl (C=O) groups excluding carboxylic acids is 1. The highest BCUT2D eigenvalue weighted by Crippen LogP contribution is 2.20. The average molecular weight is 297 g/mol. The lowest BCUT2D eigenvalue weighted by atomic mass is 10.1. The van der Waals surface area contributed by atoms with Gasteiger partial charge in [-0.1, -0.05) is 25.7 Å². The second-order valence-electron chi connectivity index (χ2n) is 3.36. The van der Waals surface area contributed by atoms with Gasteiger partial charge in [-0.2, -0.15) is 8.78 Å².